The number of aromatic nitrogens is 1. The van der Waals surface area contributed by atoms with E-state index < -0.39 is 0 Å². The van der Waals surface area contributed by atoms with E-state index in [2.05, 4.69) is 4.98 Å². The van der Waals surface area contributed by atoms with Gasteiger partial charge >= 0.3 is 0 Å². The summed E-state index contributed by atoms with van der Waals surface area (Å²) in [5.41, 5.74) is 1.74. The minimum absolute atomic E-state index is 0. The number of nitrogens with one attached hydrogen (secondary N) is 1. The maximum Gasteiger partial charge on any atom is 0.161 e. The van der Waals surface area contributed by atoms with Crippen molar-refractivity contribution in [2.75, 3.05) is 0 Å². The van der Waals surface area contributed by atoms with Crippen LogP contribution in [0.15, 0.2) is 12.4 Å². The van der Waals surface area contributed by atoms with Crippen molar-refractivity contribution in [1.82, 2.24) is 4.98 Å². The molecule has 0 aliphatic heterocycles. The van der Waals surface area contributed by atoms with E-state index in [0.717, 1.165) is 17.0 Å². The molecule has 0 unspecified atom stereocenters. The number of aromatic amines is 1. The molecule has 2 fully saturated rings. The van der Waals surface area contributed by atoms with Crippen LogP contribution >= 0.6 is 0 Å². The van der Waals surface area contributed by atoms with Crippen molar-refractivity contribution in [2.24, 2.45) is 0 Å². The molecule has 98 valence electrons. The summed E-state index contributed by atoms with van der Waals surface area (Å²) in [6, 6.07) is 0. The van der Waals surface area contributed by atoms with Crippen LogP contribution in [0.3, 0.4) is 0 Å². The monoisotopic (exact) mass is 293 g/mol. The average molecular weight is 293 g/mol. The molecule has 19 heavy (non-hydrogen) atoms. The predicted molar refractivity (Wildman–Crippen MR) is 71.8 cm³/mol. The average Bonchev–Trinajstić information content (AvgIpc) is 3.14. The fourth-order valence-electron chi connectivity index (χ4n) is 1.77. The Labute approximate surface area is 127 Å². The van der Waals surface area contributed by atoms with Crippen LogP contribution in [0, 0.1) is 63.7 Å². The Morgan fingerprint density at radius 2 is 1.42 bits per heavy atom. The minimum atomic E-state index is 0. The first-order valence-corrected chi connectivity index (χ1v) is 5.85. The number of hydrogen-bond donors (Lipinski definition) is 1. The van der Waals surface area contributed by atoms with Crippen molar-refractivity contribution >= 4 is 5.78 Å². The number of carbonyl (C=O) groups is 1. The fraction of sp³-hybridized carbons (Fsp3) is 0.0625. The molecule has 1 aromatic heterocycles. The standard InChI is InChI=1S/C11H10NO.C5H5.Fe/c1-8(13)10-6-12-7-11(10)9-4-2-3-5-9;1-2-4-5-3-1;/h2-7,12H,1H3;1-5H;. The van der Waals surface area contributed by atoms with Gasteiger partial charge in [-0.2, -0.15) is 0 Å². The number of ketones is 1. The summed E-state index contributed by atoms with van der Waals surface area (Å²) in [5.74, 6) is 1.18. The Morgan fingerprint density at radius 1 is 0.895 bits per heavy atom. The normalized spacial score (nSPS) is 18.6. The number of carbonyl (C=O) groups excluding carboxylic acids is 1. The third kappa shape index (κ3) is 4.81. The second-order valence-electron chi connectivity index (χ2n) is 3.97. The molecule has 3 heteroatoms. The minimum Gasteiger partial charge on any atom is -0.367 e. The number of Topliss-reactive ketones (excluding diaryl/α,β-unsaturated/α-hetero) is 1. The quantitative estimate of drug-likeness (QED) is 0.660. The van der Waals surface area contributed by atoms with Crippen LogP contribution in [0.4, 0.5) is 0 Å². The van der Waals surface area contributed by atoms with Gasteiger partial charge in [-0.05, 0) is 70.3 Å². The van der Waals surface area contributed by atoms with E-state index in [-0.39, 0.29) is 22.9 Å². The molecule has 0 atom stereocenters. The molecule has 0 spiro atoms. The summed E-state index contributed by atoms with van der Waals surface area (Å²) in [5, 5.41) is 0. The van der Waals surface area contributed by atoms with Crippen LogP contribution in [0.25, 0.3) is 0 Å². The summed E-state index contributed by atoms with van der Waals surface area (Å²) in [6.45, 7) is 1.58. The molecular formula is C16H15FeNO. The smallest absolute Gasteiger partial charge is 0.161 e. The van der Waals surface area contributed by atoms with Crippen LogP contribution in [0.5, 0.6) is 0 Å². The van der Waals surface area contributed by atoms with Gasteiger partial charge in [0.25, 0.3) is 0 Å². The van der Waals surface area contributed by atoms with Crippen molar-refractivity contribution in [2.45, 2.75) is 6.92 Å². The second-order valence-corrected chi connectivity index (χ2v) is 3.97. The third-order valence-corrected chi connectivity index (χ3v) is 2.65. The molecule has 2 saturated carbocycles. The van der Waals surface area contributed by atoms with E-state index in [0.29, 0.717) is 0 Å². The predicted octanol–water partition coefficient (Wildman–Crippen LogP) is 2.99. The maximum atomic E-state index is 11.2. The summed E-state index contributed by atoms with van der Waals surface area (Å²) < 4.78 is 0. The van der Waals surface area contributed by atoms with Crippen LogP contribution < -0.4 is 0 Å². The van der Waals surface area contributed by atoms with Gasteiger partial charge in [-0.15, -0.1) is 0 Å². The van der Waals surface area contributed by atoms with Crippen LogP contribution in [0.1, 0.15) is 22.8 Å². The van der Waals surface area contributed by atoms with Gasteiger partial charge in [-0.1, -0.05) is 0 Å². The van der Waals surface area contributed by atoms with Crippen molar-refractivity contribution < 1.29 is 21.9 Å². The fourth-order valence-corrected chi connectivity index (χ4v) is 1.77. The van der Waals surface area contributed by atoms with Crippen molar-refractivity contribution in [3.05, 3.63) is 87.2 Å². The summed E-state index contributed by atoms with van der Waals surface area (Å²) in [7, 11) is 0. The molecule has 1 heterocycles. The molecule has 10 radical (unpaired) electrons. The SMILES string of the molecule is CC(=O)c1c[nH]cc1[C]1[CH][CH][CH][CH]1.[CH]1[CH][CH][CH][CH]1.[Fe]. The Balaban J connectivity index is 0.000000256. The summed E-state index contributed by atoms with van der Waals surface area (Å²) >= 11 is 0. The van der Waals surface area contributed by atoms with E-state index in [4.69, 9.17) is 0 Å². The topological polar surface area (TPSA) is 32.9 Å². The third-order valence-electron chi connectivity index (χ3n) is 2.65. The van der Waals surface area contributed by atoms with E-state index in [1.165, 1.54) is 0 Å². The molecule has 2 aliphatic rings. The van der Waals surface area contributed by atoms with Gasteiger partial charge in [0, 0.05) is 40.9 Å². The van der Waals surface area contributed by atoms with Crippen molar-refractivity contribution in [1.29, 1.82) is 0 Å². The first-order valence-electron chi connectivity index (χ1n) is 5.85. The summed E-state index contributed by atoms with van der Waals surface area (Å²) in [4.78, 5) is 14.1. The van der Waals surface area contributed by atoms with E-state index in [1.807, 2.05) is 64.0 Å². The van der Waals surface area contributed by atoms with Crippen molar-refractivity contribution in [3.63, 3.8) is 0 Å². The zero-order valence-corrected chi connectivity index (χ0v) is 11.7. The largest absolute Gasteiger partial charge is 0.367 e. The molecule has 0 amide bonds. The molecule has 1 aromatic rings. The van der Waals surface area contributed by atoms with Gasteiger partial charge in [0.05, 0.1) is 0 Å². The molecule has 1 N–H and O–H groups in total. The molecule has 2 nitrogen and oxygen atoms in total. The van der Waals surface area contributed by atoms with Gasteiger partial charge in [-0.25, -0.2) is 0 Å². The van der Waals surface area contributed by atoms with Crippen LogP contribution in [0.2, 0.25) is 0 Å². The maximum absolute atomic E-state index is 11.2. The molecular weight excluding hydrogens is 278 g/mol. The zero-order chi connectivity index (χ0) is 12.8. The van der Waals surface area contributed by atoms with Crippen LogP contribution in [-0.4, -0.2) is 10.8 Å². The van der Waals surface area contributed by atoms with E-state index in [1.54, 1.807) is 13.1 Å². The first kappa shape index (κ1) is 16.5. The Bertz CT molecular complexity index is 368. The zero-order valence-electron chi connectivity index (χ0n) is 10.6. The van der Waals surface area contributed by atoms with Gasteiger partial charge in [-0.3, -0.25) is 4.79 Å². The molecule has 0 saturated heterocycles. The molecule has 0 aromatic carbocycles. The molecule has 3 rings (SSSR count). The van der Waals surface area contributed by atoms with Gasteiger partial charge < -0.3 is 4.98 Å². The van der Waals surface area contributed by atoms with Gasteiger partial charge in [0.2, 0.25) is 0 Å². The number of H-pyrrole nitrogens is 1. The Morgan fingerprint density at radius 3 is 1.89 bits per heavy atom. The molecule has 0 bridgehead atoms. The van der Waals surface area contributed by atoms with Gasteiger partial charge in [0.1, 0.15) is 0 Å². The van der Waals surface area contributed by atoms with E-state index in [9.17, 15) is 4.79 Å². The Hall–Kier alpha value is -0.531. The first-order chi connectivity index (χ1) is 8.79. The summed E-state index contributed by atoms with van der Waals surface area (Å²) in [6.07, 6.45) is 21.5. The second kappa shape index (κ2) is 8.60. The van der Waals surface area contributed by atoms with Gasteiger partial charge in [0.15, 0.2) is 5.78 Å². The van der Waals surface area contributed by atoms with Crippen molar-refractivity contribution in [3.8, 4) is 0 Å². The number of rotatable bonds is 2. The Kier molecular flexibility index (Phi) is 7.48. The van der Waals surface area contributed by atoms with Crippen LogP contribution in [-0.2, 0) is 17.1 Å². The molecule has 2 aliphatic carbocycles. The van der Waals surface area contributed by atoms with E-state index >= 15 is 0 Å². The number of hydrogen-bond acceptors (Lipinski definition) is 1.